The van der Waals surface area contributed by atoms with Gasteiger partial charge in [-0.1, -0.05) is 35.9 Å². The summed E-state index contributed by atoms with van der Waals surface area (Å²) in [6, 6.07) is 19.7. The van der Waals surface area contributed by atoms with Gasteiger partial charge in [0.15, 0.2) is 0 Å². The first-order chi connectivity index (χ1) is 14.7. The molecule has 0 aliphatic heterocycles. The minimum absolute atomic E-state index is 0.0305. The molecule has 160 valence electrons. The molecule has 3 rings (SSSR count). The summed E-state index contributed by atoms with van der Waals surface area (Å²) in [5, 5.41) is 2.76. The summed E-state index contributed by atoms with van der Waals surface area (Å²) in [6.45, 7) is 1.91. The minimum atomic E-state index is -3.87. The molecule has 0 saturated heterocycles. The number of carbonyl (C=O) groups excluding carboxylic acids is 2. The lowest BCUT2D eigenvalue weighted by Crippen LogP contribution is -2.16. The van der Waals surface area contributed by atoms with Crippen molar-refractivity contribution in [2.24, 2.45) is 5.73 Å². The molecule has 0 unspecified atom stereocenters. The molecule has 2 amide bonds. The van der Waals surface area contributed by atoms with Gasteiger partial charge in [-0.3, -0.25) is 14.3 Å². The number of aryl methyl sites for hydroxylation is 1. The number of nitrogens with one attached hydrogen (secondary N) is 2. The van der Waals surface area contributed by atoms with Crippen molar-refractivity contribution < 1.29 is 18.0 Å². The lowest BCUT2D eigenvalue weighted by Gasteiger charge is -2.12. The smallest absolute Gasteiger partial charge is 0.261 e. The summed E-state index contributed by atoms with van der Waals surface area (Å²) >= 11 is 1.21. The van der Waals surface area contributed by atoms with Crippen molar-refractivity contribution >= 4 is 45.0 Å². The van der Waals surface area contributed by atoms with E-state index in [4.69, 9.17) is 5.73 Å². The highest BCUT2D eigenvalue weighted by Crippen LogP contribution is 2.27. The highest BCUT2D eigenvalue weighted by Gasteiger charge is 2.17. The number of nitrogens with two attached hydrogens (primary N) is 1. The number of sulfonamides is 1. The molecule has 3 aromatic rings. The van der Waals surface area contributed by atoms with Crippen LogP contribution in [0.1, 0.15) is 15.9 Å². The second-order valence-corrected chi connectivity index (χ2v) is 9.40. The Kier molecular flexibility index (Phi) is 6.98. The second-order valence-electron chi connectivity index (χ2n) is 6.70. The largest absolute Gasteiger partial charge is 0.369 e. The van der Waals surface area contributed by atoms with Crippen LogP contribution in [-0.2, 0) is 14.8 Å². The monoisotopic (exact) mass is 455 g/mol. The first-order valence-electron chi connectivity index (χ1n) is 9.25. The van der Waals surface area contributed by atoms with Crippen LogP contribution < -0.4 is 15.8 Å². The fourth-order valence-electron chi connectivity index (χ4n) is 2.68. The Morgan fingerprint density at radius 1 is 0.968 bits per heavy atom. The summed E-state index contributed by atoms with van der Waals surface area (Å²) in [7, 11) is -3.87. The number of benzene rings is 3. The molecular weight excluding hydrogens is 434 g/mol. The third-order valence-corrected chi connectivity index (χ3v) is 6.69. The van der Waals surface area contributed by atoms with Crippen molar-refractivity contribution in [1.82, 2.24) is 0 Å². The Morgan fingerprint density at radius 2 is 1.68 bits per heavy atom. The quantitative estimate of drug-likeness (QED) is 0.448. The number of rotatable bonds is 8. The average Bonchev–Trinajstić information content (AvgIpc) is 2.74. The predicted molar refractivity (Wildman–Crippen MR) is 123 cm³/mol. The number of amides is 2. The normalized spacial score (nSPS) is 11.0. The van der Waals surface area contributed by atoms with Crippen LogP contribution in [0.5, 0.6) is 0 Å². The van der Waals surface area contributed by atoms with Crippen LogP contribution in [0.3, 0.4) is 0 Å². The summed E-state index contributed by atoms with van der Waals surface area (Å²) in [6.07, 6.45) is 0. The van der Waals surface area contributed by atoms with Gasteiger partial charge in [0.1, 0.15) is 0 Å². The summed E-state index contributed by atoms with van der Waals surface area (Å²) in [5.41, 5.74) is 7.32. The maximum absolute atomic E-state index is 12.8. The second kappa shape index (κ2) is 9.67. The molecule has 7 nitrogen and oxygen atoms in total. The Labute approximate surface area is 185 Å². The third-order valence-electron chi connectivity index (χ3n) is 4.22. The molecule has 0 saturated carbocycles. The van der Waals surface area contributed by atoms with Gasteiger partial charge >= 0.3 is 0 Å². The molecule has 0 bridgehead atoms. The number of anilines is 2. The highest BCUT2D eigenvalue weighted by molar-refractivity contribution is 8.00. The Hall–Kier alpha value is -3.30. The third kappa shape index (κ3) is 6.09. The summed E-state index contributed by atoms with van der Waals surface area (Å²) < 4.78 is 28.0. The fraction of sp³-hybridized carbons (Fsp3) is 0.0909. The van der Waals surface area contributed by atoms with Crippen LogP contribution in [0, 0.1) is 6.92 Å². The Bertz CT molecular complexity index is 1210. The molecule has 31 heavy (non-hydrogen) atoms. The summed E-state index contributed by atoms with van der Waals surface area (Å²) in [4.78, 5) is 24.5. The molecule has 0 spiro atoms. The van der Waals surface area contributed by atoms with E-state index in [1.54, 1.807) is 48.5 Å². The molecule has 0 aliphatic carbocycles. The first kappa shape index (κ1) is 22.4. The van der Waals surface area contributed by atoms with Gasteiger partial charge in [-0.25, -0.2) is 8.42 Å². The molecule has 0 aliphatic rings. The minimum Gasteiger partial charge on any atom is -0.369 e. The zero-order valence-electron chi connectivity index (χ0n) is 16.7. The Balaban J connectivity index is 1.79. The number of thioether (sulfide) groups is 1. The zero-order chi connectivity index (χ0) is 22.4. The maximum atomic E-state index is 12.8. The van der Waals surface area contributed by atoms with E-state index in [-0.39, 0.29) is 16.2 Å². The van der Waals surface area contributed by atoms with Gasteiger partial charge in [0, 0.05) is 16.1 Å². The van der Waals surface area contributed by atoms with E-state index >= 15 is 0 Å². The maximum Gasteiger partial charge on any atom is 0.261 e. The van der Waals surface area contributed by atoms with Crippen LogP contribution in [0.2, 0.25) is 0 Å². The van der Waals surface area contributed by atoms with Crippen molar-refractivity contribution in [3.05, 3.63) is 83.9 Å². The van der Waals surface area contributed by atoms with Crippen molar-refractivity contribution in [3.8, 4) is 0 Å². The van der Waals surface area contributed by atoms with Crippen LogP contribution >= 0.6 is 11.8 Å². The van der Waals surface area contributed by atoms with E-state index in [0.717, 1.165) is 5.56 Å². The van der Waals surface area contributed by atoms with Crippen molar-refractivity contribution in [2.45, 2.75) is 16.7 Å². The molecule has 9 heteroatoms. The van der Waals surface area contributed by atoms with E-state index in [2.05, 4.69) is 10.0 Å². The highest BCUT2D eigenvalue weighted by atomic mass is 32.2. The molecular formula is C22H21N3O4S2. The van der Waals surface area contributed by atoms with E-state index in [1.165, 1.54) is 36.0 Å². The topological polar surface area (TPSA) is 118 Å². The van der Waals surface area contributed by atoms with E-state index in [9.17, 15) is 18.0 Å². The van der Waals surface area contributed by atoms with Gasteiger partial charge in [-0.2, -0.15) is 0 Å². The van der Waals surface area contributed by atoms with Crippen molar-refractivity contribution in [2.75, 3.05) is 15.8 Å². The van der Waals surface area contributed by atoms with Crippen molar-refractivity contribution in [3.63, 3.8) is 0 Å². The number of primary amides is 1. The molecule has 0 radical (unpaired) electrons. The zero-order valence-corrected chi connectivity index (χ0v) is 18.3. The average molecular weight is 456 g/mol. The Morgan fingerprint density at radius 3 is 2.39 bits per heavy atom. The van der Waals surface area contributed by atoms with Crippen LogP contribution in [-0.4, -0.2) is 26.0 Å². The molecule has 0 heterocycles. The van der Waals surface area contributed by atoms with Gasteiger partial charge in [0.05, 0.1) is 16.3 Å². The molecule has 0 aromatic heterocycles. The van der Waals surface area contributed by atoms with Gasteiger partial charge in [0.25, 0.3) is 15.9 Å². The van der Waals surface area contributed by atoms with E-state index in [0.29, 0.717) is 16.3 Å². The number of para-hydroxylation sites is 1. The van der Waals surface area contributed by atoms with E-state index in [1.807, 2.05) is 6.92 Å². The number of carbonyl (C=O) groups is 2. The lowest BCUT2D eigenvalue weighted by atomic mass is 10.2. The van der Waals surface area contributed by atoms with Crippen molar-refractivity contribution in [1.29, 1.82) is 0 Å². The van der Waals surface area contributed by atoms with E-state index < -0.39 is 21.8 Å². The SMILES string of the molecule is Cc1ccc(NS(=O)(=O)c2cccc(C(=O)Nc3ccccc3SCC(N)=O)c2)cc1. The number of hydrogen-bond donors (Lipinski definition) is 3. The summed E-state index contributed by atoms with van der Waals surface area (Å²) in [5.74, 6) is -0.865. The standard InChI is InChI=1S/C22H21N3O4S2/c1-15-9-11-17(12-10-15)25-31(28,29)18-6-4-5-16(13-18)22(27)24-19-7-2-3-8-20(19)30-14-21(23)26/h2-13,25H,14H2,1H3,(H2,23,26)(H,24,27). The molecule has 3 aromatic carbocycles. The van der Waals surface area contributed by atoms with Crippen LogP contribution in [0.25, 0.3) is 0 Å². The van der Waals surface area contributed by atoms with Crippen LogP contribution in [0.15, 0.2) is 82.6 Å². The van der Waals surface area contributed by atoms with Gasteiger partial charge < -0.3 is 11.1 Å². The van der Waals surface area contributed by atoms with Gasteiger partial charge in [-0.05, 0) is 49.4 Å². The van der Waals surface area contributed by atoms with Crippen LogP contribution in [0.4, 0.5) is 11.4 Å². The van der Waals surface area contributed by atoms with Gasteiger partial charge in [-0.15, -0.1) is 11.8 Å². The lowest BCUT2D eigenvalue weighted by molar-refractivity contribution is -0.115. The van der Waals surface area contributed by atoms with Gasteiger partial charge in [0.2, 0.25) is 5.91 Å². The molecule has 0 fully saturated rings. The number of hydrogen-bond acceptors (Lipinski definition) is 5. The predicted octanol–water partition coefficient (Wildman–Crippen LogP) is 3.63. The fourth-order valence-corrected chi connectivity index (χ4v) is 4.53. The molecule has 4 N–H and O–H groups in total. The first-order valence-corrected chi connectivity index (χ1v) is 11.7. The molecule has 0 atom stereocenters.